The van der Waals surface area contributed by atoms with Crippen LogP contribution in [-0.2, 0) is 26.6 Å². The number of ether oxygens (including phenoxy) is 1. The van der Waals surface area contributed by atoms with Crippen LogP contribution in [0.3, 0.4) is 0 Å². The summed E-state index contributed by atoms with van der Waals surface area (Å²) in [5, 5.41) is 9.50. The van der Waals surface area contributed by atoms with Gasteiger partial charge in [0.1, 0.15) is 11.6 Å². The highest BCUT2D eigenvalue weighted by Crippen LogP contribution is 2.28. The maximum absolute atomic E-state index is 9.50. The lowest BCUT2D eigenvalue weighted by atomic mass is 10.1. The number of rotatable bonds is 4. The van der Waals surface area contributed by atoms with Crippen LogP contribution < -0.4 is 4.74 Å². The van der Waals surface area contributed by atoms with E-state index < -0.39 is 0 Å². The first kappa shape index (κ1) is 16.6. The highest BCUT2D eigenvalue weighted by Gasteiger charge is 2.24. The number of aromatic hydroxyl groups is 1. The Morgan fingerprint density at radius 1 is 1.19 bits per heavy atom. The molecule has 0 saturated carbocycles. The van der Waals surface area contributed by atoms with Crippen molar-refractivity contribution in [2.45, 2.75) is 19.5 Å². The van der Waals surface area contributed by atoms with Gasteiger partial charge in [-0.05, 0) is 30.3 Å². The molecule has 0 bridgehead atoms. The fourth-order valence-electron chi connectivity index (χ4n) is 3.51. The van der Waals surface area contributed by atoms with Crippen LogP contribution in [0.25, 0.3) is 11.4 Å². The fourth-order valence-corrected chi connectivity index (χ4v) is 3.51. The Morgan fingerprint density at radius 2 is 2.00 bits per heavy atom. The lowest BCUT2D eigenvalue weighted by Gasteiger charge is -2.27. The van der Waals surface area contributed by atoms with E-state index in [9.17, 15) is 5.11 Å². The van der Waals surface area contributed by atoms with E-state index >= 15 is 0 Å². The number of hydrogen-bond acceptors (Lipinski definition) is 5. The molecule has 6 heteroatoms. The number of phenolic OH excluding ortho intramolecular Hbond substituents is 1. The molecule has 0 radical (unpaired) electrons. The zero-order valence-electron chi connectivity index (χ0n) is 15.0. The summed E-state index contributed by atoms with van der Waals surface area (Å²) in [6.45, 7) is 2.60. The number of benzene rings is 1. The molecule has 4 rings (SSSR count). The van der Waals surface area contributed by atoms with E-state index in [-0.39, 0.29) is 5.75 Å². The topological polar surface area (TPSA) is 63.4 Å². The van der Waals surface area contributed by atoms with Crippen LogP contribution in [0.5, 0.6) is 11.6 Å². The van der Waals surface area contributed by atoms with E-state index in [0.717, 1.165) is 48.7 Å². The van der Waals surface area contributed by atoms with Gasteiger partial charge in [0.05, 0.1) is 18.5 Å². The van der Waals surface area contributed by atoms with E-state index in [1.807, 2.05) is 18.2 Å². The summed E-state index contributed by atoms with van der Waals surface area (Å²) < 4.78 is 7.54. The first-order valence-electron chi connectivity index (χ1n) is 8.70. The van der Waals surface area contributed by atoms with Crippen molar-refractivity contribution in [3.8, 4) is 23.0 Å². The molecule has 0 fully saturated rings. The van der Waals surface area contributed by atoms with E-state index in [1.165, 1.54) is 5.69 Å². The average Bonchev–Trinajstić information content (AvgIpc) is 2.99. The second kappa shape index (κ2) is 6.80. The number of hydrogen-bond donors (Lipinski definition) is 1. The molecule has 1 aromatic carbocycles. The Labute approximate surface area is 152 Å². The summed E-state index contributed by atoms with van der Waals surface area (Å²) in [5.74, 6) is 1.90. The Morgan fingerprint density at radius 3 is 2.77 bits per heavy atom. The molecule has 1 aliphatic rings. The molecule has 1 N–H and O–H groups in total. The quantitative estimate of drug-likeness (QED) is 0.784. The summed E-state index contributed by atoms with van der Waals surface area (Å²) in [5.41, 5.74) is 4.51. The lowest BCUT2D eigenvalue weighted by Crippen LogP contribution is -2.31. The monoisotopic (exact) mass is 350 g/mol. The number of fused-ring (bicyclic) bond motifs is 1. The standard InChI is InChI=1S/C20H22N4O2/c1-23-18-13-24(12-15-4-3-10-21-20(15)26-2)11-9-17(18)22-19(23)14-5-7-16(25)8-6-14/h3-8,10,25H,9,11-13H2,1-2H3. The van der Waals surface area contributed by atoms with Gasteiger partial charge in [-0.15, -0.1) is 0 Å². The molecule has 2 aromatic heterocycles. The van der Waals surface area contributed by atoms with Crippen molar-refractivity contribution >= 4 is 0 Å². The van der Waals surface area contributed by atoms with E-state index in [1.54, 1.807) is 25.4 Å². The molecule has 6 nitrogen and oxygen atoms in total. The van der Waals surface area contributed by atoms with Gasteiger partial charge in [0.25, 0.3) is 0 Å². The van der Waals surface area contributed by atoms with Gasteiger partial charge in [-0.2, -0.15) is 0 Å². The number of phenols is 1. The van der Waals surface area contributed by atoms with Gasteiger partial charge in [0.15, 0.2) is 0 Å². The van der Waals surface area contributed by atoms with Gasteiger partial charge in [0.2, 0.25) is 5.88 Å². The van der Waals surface area contributed by atoms with Gasteiger partial charge in [-0.3, -0.25) is 4.90 Å². The third-order valence-electron chi connectivity index (χ3n) is 4.90. The van der Waals surface area contributed by atoms with Gasteiger partial charge in [-0.25, -0.2) is 9.97 Å². The molecule has 3 heterocycles. The second-order valence-corrected chi connectivity index (χ2v) is 6.57. The summed E-state index contributed by atoms with van der Waals surface area (Å²) >= 11 is 0. The summed E-state index contributed by atoms with van der Waals surface area (Å²) in [6.07, 6.45) is 2.67. The average molecular weight is 350 g/mol. The normalized spacial score (nSPS) is 14.2. The number of methoxy groups -OCH3 is 1. The molecule has 0 aliphatic carbocycles. The molecule has 26 heavy (non-hydrogen) atoms. The Bertz CT molecular complexity index is 918. The second-order valence-electron chi connectivity index (χ2n) is 6.57. The Balaban J connectivity index is 1.58. The van der Waals surface area contributed by atoms with Crippen LogP contribution in [0.15, 0.2) is 42.6 Å². The highest BCUT2D eigenvalue weighted by molar-refractivity contribution is 5.58. The van der Waals surface area contributed by atoms with Gasteiger partial charge >= 0.3 is 0 Å². The van der Waals surface area contributed by atoms with E-state index in [4.69, 9.17) is 9.72 Å². The van der Waals surface area contributed by atoms with Crippen molar-refractivity contribution < 1.29 is 9.84 Å². The minimum atomic E-state index is 0.268. The molecule has 0 amide bonds. The predicted octanol–water partition coefficient (Wildman–Crippen LogP) is 2.75. The van der Waals surface area contributed by atoms with Crippen molar-refractivity contribution in [3.63, 3.8) is 0 Å². The minimum Gasteiger partial charge on any atom is -0.508 e. The summed E-state index contributed by atoms with van der Waals surface area (Å²) in [7, 11) is 3.72. The zero-order valence-corrected chi connectivity index (χ0v) is 15.0. The van der Waals surface area contributed by atoms with Crippen LogP contribution in [0.4, 0.5) is 0 Å². The molecule has 1 aliphatic heterocycles. The molecule has 134 valence electrons. The van der Waals surface area contributed by atoms with Crippen LogP contribution in [0.1, 0.15) is 17.0 Å². The smallest absolute Gasteiger partial charge is 0.217 e. The molecule has 3 aromatic rings. The van der Waals surface area contributed by atoms with Crippen LogP contribution >= 0.6 is 0 Å². The fraction of sp³-hybridized carbons (Fsp3) is 0.300. The van der Waals surface area contributed by atoms with Crippen molar-refractivity contribution in [2.24, 2.45) is 7.05 Å². The van der Waals surface area contributed by atoms with Crippen molar-refractivity contribution in [3.05, 3.63) is 59.5 Å². The molecular weight excluding hydrogens is 328 g/mol. The Hall–Kier alpha value is -2.86. The lowest BCUT2D eigenvalue weighted by molar-refractivity contribution is 0.234. The SMILES string of the molecule is COc1ncccc1CN1CCc2nc(-c3ccc(O)cc3)n(C)c2C1. The number of aromatic nitrogens is 3. The summed E-state index contributed by atoms with van der Waals surface area (Å²) in [4.78, 5) is 11.5. The molecule has 0 unspecified atom stereocenters. The zero-order chi connectivity index (χ0) is 18.1. The van der Waals surface area contributed by atoms with Crippen LogP contribution in [0, 0.1) is 0 Å². The van der Waals surface area contributed by atoms with Crippen molar-refractivity contribution in [1.82, 2.24) is 19.4 Å². The maximum Gasteiger partial charge on any atom is 0.217 e. The van der Waals surface area contributed by atoms with Gasteiger partial charge in [0, 0.05) is 50.4 Å². The Kier molecular flexibility index (Phi) is 4.34. The molecular formula is C20H22N4O2. The number of nitrogens with zero attached hydrogens (tertiary/aromatic N) is 4. The predicted molar refractivity (Wildman–Crippen MR) is 98.9 cm³/mol. The summed E-state index contributed by atoms with van der Waals surface area (Å²) in [6, 6.07) is 11.2. The number of pyridine rings is 1. The minimum absolute atomic E-state index is 0.268. The molecule has 0 spiro atoms. The van der Waals surface area contributed by atoms with Gasteiger partial charge in [-0.1, -0.05) is 6.07 Å². The maximum atomic E-state index is 9.50. The molecule has 0 saturated heterocycles. The third kappa shape index (κ3) is 3.04. The third-order valence-corrected chi connectivity index (χ3v) is 4.90. The van der Waals surface area contributed by atoms with Crippen LogP contribution in [-0.4, -0.2) is 38.2 Å². The first-order chi connectivity index (χ1) is 12.7. The largest absolute Gasteiger partial charge is 0.508 e. The van der Waals surface area contributed by atoms with Gasteiger partial charge < -0.3 is 14.4 Å². The number of imidazole rings is 1. The van der Waals surface area contributed by atoms with E-state index in [2.05, 4.69) is 27.6 Å². The van der Waals surface area contributed by atoms with Crippen LogP contribution in [0.2, 0.25) is 0 Å². The van der Waals surface area contributed by atoms with Crippen molar-refractivity contribution in [1.29, 1.82) is 0 Å². The first-order valence-corrected chi connectivity index (χ1v) is 8.70. The highest BCUT2D eigenvalue weighted by atomic mass is 16.5. The molecule has 0 atom stereocenters. The van der Waals surface area contributed by atoms with Crippen molar-refractivity contribution in [2.75, 3.05) is 13.7 Å². The van der Waals surface area contributed by atoms with E-state index in [0.29, 0.717) is 5.88 Å².